The van der Waals surface area contributed by atoms with Crippen LogP contribution in [0.5, 0.6) is 0 Å². The zero-order valence-corrected chi connectivity index (χ0v) is 8.14. The van der Waals surface area contributed by atoms with E-state index in [1.165, 1.54) is 6.33 Å². The monoisotopic (exact) mass is 194 g/mol. The Kier molecular flexibility index (Phi) is 2.03. The maximum Gasteiger partial charge on any atom is 0.155 e. The molecule has 0 bridgehead atoms. The number of aromatic nitrogens is 2. The van der Waals surface area contributed by atoms with Gasteiger partial charge in [0.05, 0.1) is 17.5 Å². The maximum atomic E-state index is 9.79. The summed E-state index contributed by atoms with van der Waals surface area (Å²) in [5, 5.41) is 9.79. The summed E-state index contributed by atoms with van der Waals surface area (Å²) in [5.74, 6) is 0.720. The largest absolute Gasteiger partial charge is 0.394 e. The Morgan fingerprint density at radius 3 is 3.00 bits per heavy atom. The molecule has 5 heteroatoms. The summed E-state index contributed by atoms with van der Waals surface area (Å²) in [7, 11) is 0. The number of nitrogens with zero attached hydrogens (tertiary/aromatic N) is 3. The molecular weight excluding hydrogens is 180 g/mol. The van der Waals surface area contributed by atoms with Crippen molar-refractivity contribution in [2.24, 2.45) is 0 Å². The van der Waals surface area contributed by atoms with Crippen molar-refractivity contribution in [3.8, 4) is 0 Å². The zero-order valence-electron chi connectivity index (χ0n) is 8.14. The fourth-order valence-corrected chi connectivity index (χ4v) is 1.72. The van der Waals surface area contributed by atoms with E-state index in [0.29, 0.717) is 12.2 Å². The molecule has 76 valence electrons. The van der Waals surface area contributed by atoms with Gasteiger partial charge in [0.2, 0.25) is 0 Å². The molecule has 1 fully saturated rings. The first-order chi connectivity index (χ1) is 6.58. The van der Waals surface area contributed by atoms with Crippen LogP contribution in [0.25, 0.3) is 0 Å². The van der Waals surface area contributed by atoms with Gasteiger partial charge in [-0.05, 0) is 13.3 Å². The number of nitrogen functional groups attached to an aromatic ring is 1. The predicted octanol–water partition coefficient (Wildman–Crippen LogP) is 0.0199. The van der Waals surface area contributed by atoms with E-state index in [2.05, 4.69) is 9.97 Å². The Hall–Kier alpha value is -1.36. The third-order valence-electron chi connectivity index (χ3n) is 2.47. The van der Waals surface area contributed by atoms with Crippen molar-refractivity contribution in [3.63, 3.8) is 0 Å². The molecule has 1 aromatic rings. The molecule has 3 N–H and O–H groups in total. The summed E-state index contributed by atoms with van der Waals surface area (Å²) < 4.78 is 0. The molecule has 0 aliphatic carbocycles. The number of rotatable bonds is 1. The summed E-state index contributed by atoms with van der Waals surface area (Å²) >= 11 is 0. The number of anilines is 2. The van der Waals surface area contributed by atoms with Crippen LogP contribution in [-0.2, 0) is 0 Å². The van der Waals surface area contributed by atoms with Crippen molar-refractivity contribution >= 4 is 11.5 Å². The first-order valence-corrected chi connectivity index (χ1v) is 4.61. The highest BCUT2D eigenvalue weighted by atomic mass is 16.3. The van der Waals surface area contributed by atoms with Crippen molar-refractivity contribution in [1.29, 1.82) is 0 Å². The molecule has 2 heterocycles. The van der Waals surface area contributed by atoms with Crippen LogP contribution in [0.1, 0.15) is 13.3 Å². The number of hydrogen-bond donors (Lipinski definition) is 2. The van der Waals surface area contributed by atoms with Crippen LogP contribution < -0.4 is 10.6 Å². The standard InChI is InChI=1S/C9H14N4O/c1-9(14)2-3-13(5-9)8-7(10)4-11-6-12-8/h4,6,14H,2-3,5,10H2,1H3. The lowest BCUT2D eigenvalue weighted by atomic mass is 10.1. The van der Waals surface area contributed by atoms with E-state index in [4.69, 9.17) is 5.73 Å². The number of hydrogen-bond acceptors (Lipinski definition) is 5. The van der Waals surface area contributed by atoms with Crippen molar-refractivity contribution in [2.45, 2.75) is 18.9 Å². The highest BCUT2D eigenvalue weighted by Crippen LogP contribution is 2.27. The zero-order chi connectivity index (χ0) is 10.2. The molecule has 1 aliphatic rings. The second-order valence-electron chi connectivity index (χ2n) is 3.97. The summed E-state index contributed by atoms with van der Waals surface area (Å²) in [6.07, 6.45) is 3.80. The lowest BCUT2D eigenvalue weighted by Gasteiger charge is -2.20. The molecule has 5 nitrogen and oxygen atoms in total. The van der Waals surface area contributed by atoms with Gasteiger partial charge in [-0.3, -0.25) is 0 Å². The first kappa shape index (κ1) is 9.21. The molecule has 1 unspecified atom stereocenters. The van der Waals surface area contributed by atoms with Gasteiger partial charge in [0.15, 0.2) is 5.82 Å². The van der Waals surface area contributed by atoms with Crippen LogP contribution in [0.3, 0.4) is 0 Å². The Morgan fingerprint density at radius 1 is 1.64 bits per heavy atom. The van der Waals surface area contributed by atoms with E-state index in [0.717, 1.165) is 18.8 Å². The van der Waals surface area contributed by atoms with Crippen molar-refractivity contribution in [1.82, 2.24) is 9.97 Å². The van der Waals surface area contributed by atoms with E-state index >= 15 is 0 Å². The quantitative estimate of drug-likeness (QED) is 0.659. The third-order valence-corrected chi connectivity index (χ3v) is 2.47. The SMILES string of the molecule is CC1(O)CCN(c2ncncc2N)C1. The molecule has 0 saturated carbocycles. The summed E-state index contributed by atoms with van der Waals surface area (Å²) in [6, 6.07) is 0. The summed E-state index contributed by atoms with van der Waals surface area (Å²) in [4.78, 5) is 9.92. The summed E-state index contributed by atoms with van der Waals surface area (Å²) in [5.41, 5.74) is 5.67. The van der Waals surface area contributed by atoms with Gasteiger partial charge in [0.25, 0.3) is 0 Å². The molecule has 14 heavy (non-hydrogen) atoms. The molecule has 1 atom stereocenters. The molecule has 1 aliphatic heterocycles. The van der Waals surface area contributed by atoms with E-state index in [1.54, 1.807) is 6.20 Å². The van der Waals surface area contributed by atoms with Crippen LogP contribution in [0.4, 0.5) is 11.5 Å². The molecule has 1 aromatic heterocycles. The fourth-order valence-electron chi connectivity index (χ4n) is 1.72. The van der Waals surface area contributed by atoms with Gasteiger partial charge in [-0.25, -0.2) is 9.97 Å². The average molecular weight is 194 g/mol. The van der Waals surface area contributed by atoms with Crippen molar-refractivity contribution in [3.05, 3.63) is 12.5 Å². The molecule has 0 spiro atoms. The van der Waals surface area contributed by atoms with E-state index in [1.807, 2.05) is 11.8 Å². The minimum Gasteiger partial charge on any atom is -0.394 e. The minimum absolute atomic E-state index is 0.560. The Bertz CT molecular complexity index is 339. The number of aliphatic hydroxyl groups is 1. The Balaban J connectivity index is 2.22. The second-order valence-corrected chi connectivity index (χ2v) is 3.97. The molecule has 0 amide bonds. The van der Waals surface area contributed by atoms with E-state index in [9.17, 15) is 5.11 Å². The lowest BCUT2D eigenvalue weighted by molar-refractivity contribution is 0.0839. The molecule has 0 radical (unpaired) electrons. The van der Waals surface area contributed by atoms with Gasteiger partial charge in [-0.1, -0.05) is 0 Å². The van der Waals surface area contributed by atoms with E-state index in [-0.39, 0.29) is 0 Å². The normalized spacial score (nSPS) is 26.9. The molecule has 2 rings (SSSR count). The van der Waals surface area contributed by atoms with Gasteiger partial charge in [0, 0.05) is 13.1 Å². The van der Waals surface area contributed by atoms with Crippen LogP contribution in [0.15, 0.2) is 12.5 Å². The molecule has 1 saturated heterocycles. The highest BCUT2D eigenvalue weighted by Gasteiger charge is 2.32. The highest BCUT2D eigenvalue weighted by molar-refractivity contribution is 5.61. The van der Waals surface area contributed by atoms with Crippen molar-refractivity contribution in [2.75, 3.05) is 23.7 Å². The molecular formula is C9H14N4O. The van der Waals surface area contributed by atoms with Gasteiger partial charge < -0.3 is 15.7 Å². The topological polar surface area (TPSA) is 75.3 Å². The average Bonchev–Trinajstić information content (AvgIpc) is 2.47. The van der Waals surface area contributed by atoms with Gasteiger partial charge >= 0.3 is 0 Å². The maximum absolute atomic E-state index is 9.79. The van der Waals surface area contributed by atoms with Crippen LogP contribution >= 0.6 is 0 Å². The van der Waals surface area contributed by atoms with Crippen molar-refractivity contribution < 1.29 is 5.11 Å². The second kappa shape index (κ2) is 3.09. The number of β-amino-alcohol motifs (C(OH)–C–C–N with tert-alkyl or cyclic N) is 1. The third kappa shape index (κ3) is 1.63. The smallest absolute Gasteiger partial charge is 0.155 e. The van der Waals surface area contributed by atoms with Crippen LogP contribution in [0.2, 0.25) is 0 Å². The van der Waals surface area contributed by atoms with Gasteiger partial charge in [-0.15, -0.1) is 0 Å². The lowest BCUT2D eigenvalue weighted by Crippen LogP contribution is -2.30. The van der Waals surface area contributed by atoms with Crippen LogP contribution in [0, 0.1) is 0 Å². The van der Waals surface area contributed by atoms with E-state index < -0.39 is 5.60 Å². The minimum atomic E-state index is -0.628. The number of nitrogens with two attached hydrogens (primary N) is 1. The summed E-state index contributed by atoms with van der Waals surface area (Å²) in [6.45, 7) is 3.19. The Morgan fingerprint density at radius 2 is 2.43 bits per heavy atom. The van der Waals surface area contributed by atoms with Gasteiger partial charge in [-0.2, -0.15) is 0 Å². The fraction of sp³-hybridized carbons (Fsp3) is 0.556. The van der Waals surface area contributed by atoms with Gasteiger partial charge in [0.1, 0.15) is 6.33 Å². The predicted molar refractivity (Wildman–Crippen MR) is 53.9 cm³/mol. The van der Waals surface area contributed by atoms with Crippen LogP contribution in [-0.4, -0.2) is 33.8 Å². The Labute approximate surface area is 82.6 Å². The first-order valence-electron chi connectivity index (χ1n) is 4.61. The molecule has 0 aromatic carbocycles.